The molecule has 1 aromatic rings. The molecule has 0 amide bonds. The molecule has 0 aromatic heterocycles. The van der Waals surface area contributed by atoms with E-state index in [0.717, 1.165) is 35.1 Å². The zero-order valence-electron chi connectivity index (χ0n) is 11.1. The highest BCUT2D eigenvalue weighted by molar-refractivity contribution is 9.10. The lowest BCUT2D eigenvalue weighted by Gasteiger charge is -2.27. The van der Waals surface area contributed by atoms with Gasteiger partial charge in [-0.1, -0.05) is 29.3 Å². The topological polar surface area (TPSA) is 43.7 Å². The number of rotatable bonds is 7. The van der Waals surface area contributed by atoms with Gasteiger partial charge in [0.15, 0.2) is 0 Å². The number of aliphatic hydroxyl groups excluding tert-OH is 2. The summed E-state index contributed by atoms with van der Waals surface area (Å²) < 4.78 is 0.960. The summed E-state index contributed by atoms with van der Waals surface area (Å²) in [7, 11) is 0. The predicted molar refractivity (Wildman–Crippen MR) is 79.0 cm³/mol. The first-order valence-corrected chi connectivity index (χ1v) is 7.22. The number of anilines is 1. The molecule has 1 atom stereocenters. The average molecular weight is 316 g/mol. The number of halogens is 1. The first-order valence-electron chi connectivity index (χ1n) is 6.43. The first kappa shape index (κ1) is 15.5. The fraction of sp³-hybridized carbons (Fsp3) is 0.571. The quantitative estimate of drug-likeness (QED) is 0.812. The summed E-state index contributed by atoms with van der Waals surface area (Å²) in [5.41, 5.74) is 1.91. The summed E-state index contributed by atoms with van der Waals surface area (Å²) in [6.07, 6.45) is 1.68. The van der Waals surface area contributed by atoms with Crippen LogP contribution in [0.1, 0.15) is 38.4 Å². The van der Waals surface area contributed by atoms with E-state index in [-0.39, 0.29) is 6.61 Å². The summed E-state index contributed by atoms with van der Waals surface area (Å²) >= 11 is 3.43. The van der Waals surface area contributed by atoms with Crippen LogP contribution in [0.3, 0.4) is 0 Å². The maximum atomic E-state index is 9.86. The summed E-state index contributed by atoms with van der Waals surface area (Å²) in [6.45, 7) is 5.54. The van der Waals surface area contributed by atoms with Gasteiger partial charge in [-0.2, -0.15) is 0 Å². The lowest BCUT2D eigenvalue weighted by molar-refractivity contribution is 0.199. The zero-order valence-corrected chi connectivity index (χ0v) is 12.7. The largest absolute Gasteiger partial charge is 0.395 e. The maximum Gasteiger partial charge on any atom is 0.0782 e. The number of hydrogen-bond acceptors (Lipinski definition) is 3. The Hall–Kier alpha value is -0.580. The number of aliphatic hydroxyl groups is 2. The molecule has 2 N–H and O–H groups in total. The summed E-state index contributed by atoms with van der Waals surface area (Å²) in [5.74, 6) is 0. The van der Waals surface area contributed by atoms with Gasteiger partial charge in [-0.3, -0.25) is 0 Å². The maximum absolute atomic E-state index is 9.86. The van der Waals surface area contributed by atoms with E-state index in [1.54, 1.807) is 6.92 Å². The average Bonchev–Trinajstić information content (AvgIpc) is 2.34. The van der Waals surface area contributed by atoms with Gasteiger partial charge in [-0.25, -0.2) is 0 Å². The highest BCUT2D eigenvalue weighted by atomic mass is 79.9. The van der Waals surface area contributed by atoms with Crippen molar-refractivity contribution in [3.8, 4) is 0 Å². The van der Waals surface area contributed by atoms with E-state index >= 15 is 0 Å². The first-order chi connectivity index (χ1) is 8.60. The van der Waals surface area contributed by atoms with Crippen LogP contribution in [0.5, 0.6) is 0 Å². The Balaban J connectivity index is 3.01. The Bertz CT molecular complexity index is 369. The molecule has 4 heteroatoms. The highest BCUT2D eigenvalue weighted by Crippen LogP contribution is 2.29. The number of benzene rings is 1. The lowest BCUT2D eigenvalue weighted by atomic mass is 10.1. The molecule has 1 aromatic carbocycles. The fourth-order valence-electron chi connectivity index (χ4n) is 1.97. The molecule has 0 radical (unpaired) electrons. The van der Waals surface area contributed by atoms with E-state index in [2.05, 4.69) is 27.8 Å². The summed E-state index contributed by atoms with van der Waals surface area (Å²) in [5, 5.41) is 19.0. The number of unbranched alkanes of at least 4 members (excludes halogenated alkanes) is 1. The van der Waals surface area contributed by atoms with Gasteiger partial charge in [0, 0.05) is 28.8 Å². The fourth-order valence-corrected chi connectivity index (χ4v) is 2.35. The highest BCUT2D eigenvalue weighted by Gasteiger charge is 2.14. The third-order valence-corrected chi connectivity index (χ3v) is 3.43. The van der Waals surface area contributed by atoms with E-state index in [9.17, 15) is 5.11 Å². The summed E-state index contributed by atoms with van der Waals surface area (Å²) in [6, 6.07) is 5.91. The number of hydrogen-bond donors (Lipinski definition) is 2. The molecule has 3 nitrogen and oxygen atoms in total. The van der Waals surface area contributed by atoms with Gasteiger partial charge in [-0.15, -0.1) is 0 Å². The second-order valence-corrected chi connectivity index (χ2v) is 5.36. The van der Waals surface area contributed by atoms with E-state index in [0.29, 0.717) is 6.54 Å². The van der Waals surface area contributed by atoms with Crippen LogP contribution < -0.4 is 4.90 Å². The molecular weight excluding hydrogens is 294 g/mol. The van der Waals surface area contributed by atoms with Gasteiger partial charge in [0.1, 0.15) is 0 Å². The third kappa shape index (κ3) is 4.26. The monoisotopic (exact) mass is 315 g/mol. The van der Waals surface area contributed by atoms with Gasteiger partial charge in [0.05, 0.1) is 12.7 Å². The van der Waals surface area contributed by atoms with E-state index in [4.69, 9.17) is 5.11 Å². The standard InChI is InChI=1S/C14H22BrNO2/c1-3-4-7-16(8-9-17)14-6-5-12(15)10-13(14)11(2)18/h5-6,10-11,17-18H,3-4,7-9H2,1-2H3. The van der Waals surface area contributed by atoms with Crippen LogP contribution >= 0.6 is 15.9 Å². The van der Waals surface area contributed by atoms with Gasteiger partial charge in [0.25, 0.3) is 0 Å². The molecule has 0 heterocycles. The Labute approximate surface area is 118 Å². The van der Waals surface area contributed by atoms with Gasteiger partial charge >= 0.3 is 0 Å². The lowest BCUT2D eigenvalue weighted by Crippen LogP contribution is -2.29. The second kappa shape index (κ2) is 7.77. The molecule has 0 aliphatic rings. The minimum absolute atomic E-state index is 0.124. The van der Waals surface area contributed by atoms with Crippen molar-refractivity contribution in [1.29, 1.82) is 0 Å². The van der Waals surface area contributed by atoms with E-state index in [1.165, 1.54) is 0 Å². The Morgan fingerprint density at radius 1 is 1.33 bits per heavy atom. The van der Waals surface area contributed by atoms with Crippen molar-refractivity contribution < 1.29 is 10.2 Å². The zero-order chi connectivity index (χ0) is 13.5. The van der Waals surface area contributed by atoms with Crippen LogP contribution in [0.25, 0.3) is 0 Å². The minimum Gasteiger partial charge on any atom is -0.395 e. The van der Waals surface area contributed by atoms with Crippen LogP contribution in [0.2, 0.25) is 0 Å². The van der Waals surface area contributed by atoms with Crippen LogP contribution in [-0.4, -0.2) is 29.9 Å². The van der Waals surface area contributed by atoms with E-state index < -0.39 is 6.10 Å². The second-order valence-electron chi connectivity index (χ2n) is 4.44. The van der Waals surface area contributed by atoms with Crippen molar-refractivity contribution in [3.63, 3.8) is 0 Å². The van der Waals surface area contributed by atoms with Crippen molar-refractivity contribution in [2.45, 2.75) is 32.8 Å². The molecule has 102 valence electrons. The molecule has 0 aliphatic carbocycles. The molecule has 0 saturated carbocycles. The molecule has 0 fully saturated rings. The SMILES string of the molecule is CCCCN(CCO)c1ccc(Br)cc1C(C)O. The third-order valence-electron chi connectivity index (χ3n) is 2.93. The normalized spacial score (nSPS) is 12.5. The van der Waals surface area contributed by atoms with Crippen molar-refractivity contribution in [3.05, 3.63) is 28.2 Å². The van der Waals surface area contributed by atoms with Crippen molar-refractivity contribution in [2.75, 3.05) is 24.6 Å². The van der Waals surface area contributed by atoms with E-state index in [1.807, 2.05) is 18.2 Å². The molecule has 1 unspecified atom stereocenters. The smallest absolute Gasteiger partial charge is 0.0782 e. The van der Waals surface area contributed by atoms with Crippen LogP contribution in [0, 0.1) is 0 Å². The van der Waals surface area contributed by atoms with Crippen LogP contribution in [-0.2, 0) is 0 Å². The number of nitrogens with zero attached hydrogens (tertiary/aromatic N) is 1. The van der Waals surface area contributed by atoms with Gasteiger partial charge < -0.3 is 15.1 Å². The summed E-state index contributed by atoms with van der Waals surface area (Å²) in [4.78, 5) is 2.14. The Morgan fingerprint density at radius 3 is 2.61 bits per heavy atom. The molecule has 0 spiro atoms. The Kier molecular flexibility index (Phi) is 6.68. The minimum atomic E-state index is -0.514. The van der Waals surface area contributed by atoms with Gasteiger partial charge in [0.2, 0.25) is 0 Å². The van der Waals surface area contributed by atoms with Crippen molar-refractivity contribution in [2.24, 2.45) is 0 Å². The molecule has 0 bridgehead atoms. The Morgan fingerprint density at radius 2 is 2.06 bits per heavy atom. The van der Waals surface area contributed by atoms with Crippen LogP contribution in [0.4, 0.5) is 5.69 Å². The molecule has 0 aliphatic heterocycles. The molecule has 18 heavy (non-hydrogen) atoms. The van der Waals surface area contributed by atoms with Crippen molar-refractivity contribution >= 4 is 21.6 Å². The van der Waals surface area contributed by atoms with Crippen molar-refractivity contribution in [1.82, 2.24) is 0 Å². The predicted octanol–water partition coefficient (Wildman–Crippen LogP) is 3.10. The molecule has 1 rings (SSSR count). The van der Waals surface area contributed by atoms with Gasteiger partial charge in [-0.05, 0) is 31.5 Å². The molecular formula is C14H22BrNO2. The molecule has 0 saturated heterocycles. The van der Waals surface area contributed by atoms with Crippen LogP contribution in [0.15, 0.2) is 22.7 Å².